The molecule has 4 nitrogen and oxygen atoms in total. The number of nitrogens with one attached hydrogen (secondary N) is 1. The molecular formula is C12H10N4. The fourth-order valence-corrected chi connectivity index (χ4v) is 1.30. The van der Waals surface area contributed by atoms with Gasteiger partial charge in [0.2, 0.25) is 5.82 Å². The highest BCUT2D eigenvalue weighted by molar-refractivity contribution is 5.36. The van der Waals surface area contributed by atoms with Gasteiger partial charge in [-0.2, -0.15) is 5.26 Å². The molecule has 0 bridgehead atoms. The van der Waals surface area contributed by atoms with Crippen molar-refractivity contribution in [2.24, 2.45) is 0 Å². The Morgan fingerprint density at radius 1 is 1.19 bits per heavy atom. The van der Waals surface area contributed by atoms with Crippen LogP contribution in [0.3, 0.4) is 0 Å². The summed E-state index contributed by atoms with van der Waals surface area (Å²) in [7, 11) is 0. The molecule has 4 heteroatoms. The number of benzene rings is 1. The Bertz CT molecular complexity index is 502. The number of aromatic nitrogens is 2. The zero-order chi connectivity index (χ0) is 11.2. The van der Waals surface area contributed by atoms with Crippen LogP contribution in [0.5, 0.6) is 0 Å². The summed E-state index contributed by atoms with van der Waals surface area (Å²) in [6.07, 6.45) is 1.57. The van der Waals surface area contributed by atoms with Crippen LogP contribution in [-0.2, 0) is 6.54 Å². The van der Waals surface area contributed by atoms with Crippen molar-refractivity contribution < 1.29 is 0 Å². The Morgan fingerprint density at radius 3 is 2.75 bits per heavy atom. The second-order valence-corrected chi connectivity index (χ2v) is 3.22. The summed E-state index contributed by atoms with van der Waals surface area (Å²) in [5.74, 6) is 0.841. The summed E-state index contributed by atoms with van der Waals surface area (Å²) in [4.78, 5) is 7.82. The molecule has 0 aliphatic heterocycles. The SMILES string of the molecule is N#Cc1nccc(NCc2ccccc2)n1. The van der Waals surface area contributed by atoms with Crippen LogP contribution in [0.15, 0.2) is 42.6 Å². The van der Waals surface area contributed by atoms with Gasteiger partial charge < -0.3 is 5.32 Å². The maximum Gasteiger partial charge on any atom is 0.234 e. The van der Waals surface area contributed by atoms with Crippen LogP contribution in [0.25, 0.3) is 0 Å². The van der Waals surface area contributed by atoms with Gasteiger partial charge in [-0.15, -0.1) is 0 Å². The third kappa shape index (κ3) is 2.55. The second-order valence-electron chi connectivity index (χ2n) is 3.22. The van der Waals surface area contributed by atoms with E-state index in [4.69, 9.17) is 5.26 Å². The first-order chi connectivity index (χ1) is 7.88. The number of hydrogen-bond acceptors (Lipinski definition) is 4. The summed E-state index contributed by atoms with van der Waals surface area (Å²) in [6, 6.07) is 13.6. The lowest BCUT2D eigenvalue weighted by molar-refractivity contribution is 1.06. The zero-order valence-electron chi connectivity index (χ0n) is 8.59. The minimum atomic E-state index is 0.179. The van der Waals surface area contributed by atoms with E-state index in [1.807, 2.05) is 36.4 Å². The standard InChI is InChI=1S/C12H10N4/c13-8-12-14-7-6-11(16-12)15-9-10-4-2-1-3-5-10/h1-7H,9H2,(H,14,15,16). The second kappa shape index (κ2) is 4.89. The Hall–Kier alpha value is -2.41. The highest BCUT2D eigenvalue weighted by atomic mass is 15.0. The van der Waals surface area contributed by atoms with Gasteiger partial charge >= 0.3 is 0 Å². The molecule has 0 radical (unpaired) electrons. The molecule has 0 saturated heterocycles. The van der Waals surface area contributed by atoms with E-state index in [9.17, 15) is 0 Å². The maximum absolute atomic E-state index is 8.64. The van der Waals surface area contributed by atoms with Crippen molar-refractivity contribution in [2.45, 2.75) is 6.54 Å². The lowest BCUT2D eigenvalue weighted by Crippen LogP contribution is -2.02. The highest BCUT2D eigenvalue weighted by Crippen LogP contribution is 2.05. The number of rotatable bonds is 3. The topological polar surface area (TPSA) is 61.6 Å². The normalized spacial score (nSPS) is 9.44. The fourth-order valence-electron chi connectivity index (χ4n) is 1.30. The smallest absolute Gasteiger partial charge is 0.234 e. The van der Waals surface area contributed by atoms with Crippen LogP contribution in [0.1, 0.15) is 11.4 Å². The molecule has 0 spiro atoms. The highest BCUT2D eigenvalue weighted by Gasteiger charge is 1.97. The van der Waals surface area contributed by atoms with E-state index in [-0.39, 0.29) is 5.82 Å². The first-order valence-electron chi connectivity index (χ1n) is 4.89. The quantitative estimate of drug-likeness (QED) is 0.841. The van der Waals surface area contributed by atoms with Crippen molar-refractivity contribution in [3.63, 3.8) is 0 Å². The first kappa shape index (κ1) is 10.1. The monoisotopic (exact) mass is 210 g/mol. The van der Waals surface area contributed by atoms with E-state index in [2.05, 4.69) is 15.3 Å². The molecule has 1 heterocycles. The van der Waals surface area contributed by atoms with Crippen LogP contribution < -0.4 is 5.32 Å². The molecule has 0 saturated carbocycles. The van der Waals surface area contributed by atoms with Crippen molar-refractivity contribution in [1.82, 2.24) is 9.97 Å². The molecule has 0 atom stereocenters. The summed E-state index contributed by atoms with van der Waals surface area (Å²) in [6.45, 7) is 0.683. The molecular weight excluding hydrogens is 200 g/mol. The molecule has 2 rings (SSSR count). The van der Waals surface area contributed by atoms with Crippen LogP contribution in [-0.4, -0.2) is 9.97 Å². The number of hydrogen-bond donors (Lipinski definition) is 1. The van der Waals surface area contributed by atoms with E-state index in [0.717, 1.165) is 0 Å². The van der Waals surface area contributed by atoms with Crippen molar-refractivity contribution in [1.29, 1.82) is 5.26 Å². The zero-order valence-corrected chi connectivity index (χ0v) is 8.59. The van der Waals surface area contributed by atoms with E-state index in [1.165, 1.54) is 5.56 Å². The van der Waals surface area contributed by atoms with Crippen LogP contribution in [0, 0.1) is 11.3 Å². The number of anilines is 1. The minimum Gasteiger partial charge on any atom is -0.366 e. The van der Waals surface area contributed by atoms with Gasteiger partial charge in [-0.1, -0.05) is 30.3 Å². The fraction of sp³-hybridized carbons (Fsp3) is 0.0833. The van der Waals surface area contributed by atoms with Gasteiger partial charge in [0.05, 0.1) is 0 Å². The Kier molecular flexibility index (Phi) is 3.10. The lowest BCUT2D eigenvalue weighted by Gasteiger charge is -2.04. The summed E-state index contributed by atoms with van der Waals surface area (Å²) < 4.78 is 0. The van der Waals surface area contributed by atoms with Crippen LogP contribution in [0.4, 0.5) is 5.82 Å². The molecule has 78 valence electrons. The molecule has 1 N–H and O–H groups in total. The molecule has 0 unspecified atom stereocenters. The molecule has 2 aromatic rings. The maximum atomic E-state index is 8.64. The van der Waals surface area contributed by atoms with Gasteiger partial charge in [-0.25, -0.2) is 9.97 Å². The third-order valence-electron chi connectivity index (χ3n) is 2.07. The van der Waals surface area contributed by atoms with Crippen molar-refractivity contribution in [3.05, 3.63) is 54.0 Å². The molecule has 16 heavy (non-hydrogen) atoms. The molecule has 0 aliphatic carbocycles. The Balaban J connectivity index is 2.03. The Morgan fingerprint density at radius 2 is 2.00 bits per heavy atom. The lowest BCUT2D eigenvalue weighted by atomic mass is 10.2. The molecule has 0 fully saturated rings. The molecule has 0 aliphatic rings. The van der Waals surface area contributed by atoms with E-state index < -0.39 is 0 Å². The molecule has 1 aromatic heterocycles. The number of nitriles is 1. The largest absolute Gasteiger partial charge is 0.366 e. The molecule has 0 amide bonds. The average molecular weight is 210 g/mol. The Labute approximate surface area is 93.6 Å². The van der Waals surface area contributed by atoms with E-state index >= 15 is 0 Å². The first-order valence-corrected chi connectivity index (χ1v) is 4.89. The summed E-state index contributed by atoms with van der Waals surface area (Å²) in [5.41, 5.74) is 1.17. The van der Waals surface area contributed by atoms with Crippen molar-refractivity contribution in [2.75, 3.05) is 5.32 Å². The minimum absolute atomic E-state index is 0.179. The molecule has 1 aromatic carbocycles. The number of nitrogens with zero attached hydrogens (tertiary/aromatic N) is 3. The van der Waals surface area contributed by atoms with Gasteiger partial charge in [-0.05, 0) is 11.6 Å². The van der Waals surface area contributed by atoms with Gasteiger partial charge in [0.15, 0.2) is 0 Å². The summed E-state index contributed by atoms with van der Waals surface area (Å²) in [5, 5.41) is 11.8. The summed E-state index contributed by atoms with van der Waals surface area (Å²) >= 11 is 0. The van der Waals surface area contributed by atoms with Gasteiger partial charge in [-0.3, -0.25) is 0 Å². The predicted molar refractivity (Wildman–Crippen MR) is 60.5 cm³/mol. The van der Waals surface area contributed by atoms with E-state index in [1.54, 1.807) is 12.3 Å². The van der Waals surface area contributed by atoms with Gasteiger partial charge in [0.25, 0.3) is 0 Å². The van der Waals surface area contributed by atoms with Gasteiger partial charge in [0.1, 0.15) is 11.9 Å². The average Bonchev–Trinajstić information content (AvgIpc) is 2.38. The van der Waals surface area contributed by atoms with Gasteiger partial charge in [0, 0.05) is 12.7 Å². The predicted octanol–water partition coefficient (Wildman–Crippen LogP) is 1.96. The van der Waals surface area contributed by atoms with Crippen LogP contribution >= 0.6 is 0 Å². The van der Waals surface area contributed by atoms with Crippen molar-refractivity contribution in [3.8, 4) is 6.07 Å². The van der Waals surface area contributed by atoms with E-state index in [0.29, 0.717) is 12.4 Å². The van der Waals surface area contributed by atoms with Crippen molar-refractivity contribution >= 4 is 5.82 Å². The van der Waals surface area contributed by atoms with Crippen LogP contribution in [0.2, 0.25) is 0 Å². The third-order valence-corrected chi connectivity index (χ3v) is 2.07.